The van der Waals surface area contributed by atoms with Crippen LogP contribution in [0.2, 0.25) is 0 Å². The Balaban J connectivity index is 1.70. The van der Waals surface area contributed by atoms with Gasteiger partial charge in [0.2, 0.25) is 5.91 Å². The molecule has 0 spiro atoms. The summed E-state index contributed by atoms with van der Waals surface area (Å²) in [6, 6.07) is 15.3. The molecule has 30 heavy (non-hydrogen) atoms. The average molecular weight is 406 g/mol. The second-order valence-electron chi connectivity index (χ2n) is 6.88. The maximum absolute atomic E-state index is 12.9. The smallest absolute Gasteiger partial charge is 0.247 e. The van der Waals surface area contributed by atoms with Crippen molar-refractivity contribution in [2.45, 2.75) is 25.8 Å². The summed E-state index contributed by atoms with van der Waals surface area (Å²) in [4.78, 5) is 14.8. The summed E-state index contributed by atoms with van der Waals surface area (Å²) >= 11 is 0. The number of rotatable bonds is 8. The lowest BCUT2D eigenvalue weighted by molar-refractivity contribution is -0.126. The minimum Gasteiger partial charge on any atom is -0.494 e. The van der Waals surface area contributed by atoms with E-state index in [1.165, 1.54) is 0 Å². The van der Waals surface area contributed by atoms with Crippen molar-refractivity contribution in [1.82, 2.24) is 4.90 Å². The van der Waals surface area contributed by atoms with Crippen LogP contribution in [0.15, 0.2) is 48.5 Å². The number of ether oxygens (including phenoxy) is 3. The van der Waals surface area contributed by atoms with Gasteiger partial charge in [-0.1, -0.05) is 18.2 Å². The van der Waals surface area contributed by atoms with Gasteiger partial charge in [0.15, 0.2) is 18.1 Å². The van der Waals surface area contributed by atoms with E-state index in [1.807, 2.05) is 48.2 Å². The molecule has 1 aliphatic rings. The Hall–Kier alpha value is -3.46. The van der Waals surface area contributed by atoms with Crippen LogP contribution in [0.25, 0.3) is 6.08 Å². The number of amides is 1. The van der Waals surface area contributed by atoms with Gasteiger partial charge < -0.3 is 19.1 Å². The third kappa shape index (κ3) is 5.12. The fraction of sp³-hybridized carbons (Fsp3) is 0.333. The molecular formula is C24H26N2O4. The van der Waals surface area contributed by atoms with Gasteiger partial charge in [0.25, 0.3) is 0 Å². The topological polar surface area (TPSA) is 71.8 Å². The molecule has 1 heterocycles. The maximum atomic E-state index is 12.9. The van der Waals surface area contributed by atoms with E-state index in [1.54, 1.807) is 31.4 Å². The monoisotopic (exact) mass is 406 g/mol. The number of carbonyl (C=O) groups is 1. The van der Waals surface area contributed by atoms with Crippen molar-refractivity contribution >= 4 is 12.0 Å². The third-order valence-electron chi connectivity index (χ3n) is 5.01. The summed E-state index contributed by atoms with van der Waals surface area (Å²) in [5, 5.41) is 8.66. The fourth-order valence-electron chi connectivity index (χ4n) is 3.61. The Morgan fingerprint density at radius 3 is 2.70 bits per heavy atom. The van der Waals surface area contributed by atoms with Gasteiger partial charge in [-0.25, -0.2) is 0 Å². The van der Waals surface area contributed by atoms with E-state index < -0.39 is 0 Å². The van der Waals surface area contributed by atoms with Gasteiger partial charge in [-0.15, -0.1) is 0 Å². The molecule has 156 valence electrons. The van der Waals surface area contributed by atoms with Gasteiger partial charge in [-0.2, -0.15) is 5.26 Å². The van der Waals surface area contributed by atoms with E-state index in [0.717, 1.165) is 36.3 Å². The van der Waals surface area contributed by atoms with Crippen molar-refractivity contribution in [3.63, 3.8) is 0 Å². The van der Waals surface area contributed by atoms with Crippen LogP contribution in [0, 0.1) is 11.3 Å². The van der Waals surface area contributed by atoms with Crippen LogP contribution in [0.4, 0.5) is 0 Å². The highest BCUT2D eigenvalue weighted by Crippen LogP contribution is 2.33. The zero-order chi connectivity index (χ0) is 21.3. The van der Waals surface area contributed by atoms with Crippen molar-refractivity contribution in [2.75, 3.05) is 26.9 Å². The largest absolute Gasteiger partial charge is 0.494 e. The molecule has 1 amide bonds. The number of hydrogen-bond donors (Lipinski definition) is 0. The van der Waals surface area contributed by atoms with Gasteiger partial charge in [-0.3, -0.25) is 4.79 Å². The molecule has 1 fully saturated rings. The Morgan fingerprint density at radius 1 is 1.20 bits per heavy atom. The molecule has 0 bridgehead atoms. The van der Waals surface area contributed by atoms with E-state index in [4.69, 9.17) is 19.5 Å². The molecular weight excluding hydrogens is 380 g/mol. The van der Waals surface area contributed by atoms with Crippen LogP contribution in [0.5, 0.6) is 17.2 Å². The highest BCUT2D eigenvalue weighted by molar-refractivity contribution is 5.92. The molecule has 6 heteroatoms. The molecule has 6 nitrogen and oxygen atoms in total. The van der Waals surface area contributed by atoms with Gasteiger partial charge in [0, 0.05) is 12.6 Å². The van der Waals surface area contributed by atoms with Crippen LogP contribution in [0.3, 0.4) is 0 Å². The van der Waals surface area contributed by atoms with Crippen LogP contribution in [-0.4, -0.2) is 37.7 Å². The summed E-state index contributed by atoms with van der Waals surface area (Å²) in [6.07, 6.45) is 5.30. The number of nitrogens with zero attached hydrogens (tertiary/aromatic N) is 2. The Kier molecular flexibility index (Phi) is 7.34. The zero-order valence-corrected chi connectivity index (χ0v) is 17.3. The molecule has 2 aromatic carbocycles. The normalized spacial score (nSPS) is 15.8. The Morgan fingerprint density at radius 2 is 2.00 bits per heavy atom. The summed E-state index contributed by atoms with van der Waals surface area (Å²) in [6.45, 7) is 3.28. The van der Waals surface area contributed by atoms with E-state index in [-0.39, 0.29) is 18.6 Å². The molecule has 0 aliphatic carbocycles. The van der Waals surface area contributed by atoms with Crippen molar-refractivity contribution in [3.8, 4) is 23.3 Å². The van der Waals surface area contributed by atoms with Crippen molar-refractivity contribution < 1.29 is 19.0 Å². The lowest BCUT2D eigenvalue weighted by Gasteiger charge is -2.24. The van der Waals surface area contributed by atoms with Crippen molar-refractivity contribution in [1.29, 1.82) is 5.26 Å². The quantitative estimate of drug-likeness (QED) is 0.609. The lowest BCUT2D eigenvalue weighted by Crippen LogP contribution is -2.28. The van der Waals surface area contributed by atoms with Gasteiger partial charge in [0.05, 0.1) is 19.8 Å². The Labute approximate surface area is 177 Å². The second-order valence-corrected chi connectivity index (χ2v) is 6.88. The number of nitriles is 1. The SMILES string of the molecule is CCOc1ccc(C2CCCN2C(=O)/C=C/c2ccc(OCC#N)c(OC)c2)cc1. The minimum absolute atomic E-state index is 0.0184. The highest BCUT2D eigenvalue weighted by Gasteiger charge is 2.28. The second kappa shape index (κ2) is 10.4. The molecule has 1 atom stereocenters. The van der Waals surface area contributed by atoms with E-state index in [9.17, 15) is 4.79 Å². The molecule has 0 N–H and O–H groups in total. The number of likely N-dealkylation sites (tertiary alicyclic amines) is 1. The van der Waals surface area contributed by atoms with Crippen LogP contribution < -0.4 is 14.2 Å². The summed E-state index contributed by atoms with van der Waals surface area (Å²) < 4.78 is 16.2. The highest BCUT2D eigenvalue weighted by atomic mass is 16.5. The van der Waals surface area contributed by atoms with Crippen molar-refractivity contribution in [2.24, 2.45) is 0 Å². The van der Waals surface area contributed by atoms with Crippen LogP contribution in [0.1, 0.15) is 36.9 Å². The molecule has 0 aromatic heterocycles. The van der Waals surface area contributed by atoms with Gasteiger partial charge in [-0.05, 0) is 61.2 Å². The first-order chi connectivity index (χ1) is 14.7. The number of methoxy groups -OCH3 is 1. The molecule has 3 rings (SSSR count). The zero-order valence-electron chi connectivity index (χ0n) is 17.3. The predicted molar refractivity (Wildman–Crippen MR) is 114 cm³/mol. The number of hydrogen-bond acceptors (Lipinski definition) is 5. The molecule has 0 radical (unpaired) electrons. The number of carbonyl (C=O) groups excluding carboxylic acids is 1. The predicted octanol–water partition coefficient (Wildman–Crippen LogP) is 4.37. The minimum atomic E-state index is -0.0497. The van der Waals surface area contributed by atoms with E-state index in [2.05, 4.69) is 0 Å². The van der Waals surface area contributed by atoms with Crippen molar-refractivity contribution in [3.05, 3.63) is 59.7 Å². The summed E-state index contributed by atoms with van der Waals surface area (Å²) in [5.41, 5.74) is 1.94. The first-order valence-corrected chi connectivity index (χ1v) is 10.1. The molecule has 0 saturated carbocycles. The van der Waals surface area contributed by atoms with E-state index >= 15 is 0 Å². The standard InChI is InChI=1S/C24H26N2O4/c1-3-29-20-10-8-19(9-11-20)21-5-4-15-26(21)24(27)13-7-18-6-12-22(30-16-14-25)23(17-18)28-2/h6-13,17,21H,3-5,15-16H2,1-2H3/b13-7+. The van der Waals surface area contributed by atoms with Gasteiger partial charge >= 0.3 is 0 Å². The third-order valence-corrected chi connectivity index (χ3v) is 5.01. The molecule has 2 aromatic rings. The first kappa shape index (κ1) is 21.3. The molecule has 1 unspecified atom stereocenters. The lowest BCUT2D eigenvalue weighted by atomic mass is 10.0. The maximum Gasteiger partial charge on any atom is 0.247 e. The molecule has 1 aliphatic heterocycles. The summed E-state index contributed by atoms with van der Waals surface area (Å²) in [7, 11) is 1.54. The summed E-state index contributed by atoms with van der Waals surface area (Å²) in [5.74, 6) is 1.84. The number of benzene rings is 2. The average Bonchev–Trinajstić information content (AvgIpc) is 3.27. The van der Waals surface area contributed by atoms with E-state index in [0.29, 0.717) is 18.1 Å². The van der Waals surface area contributed by atoms with Crippen LogP contribution in [-0.2, 0) is 4.79 Å². The first-order valence-electron chi connectivity index (χ1n) is 10.1. The Bertz CT molecular complexity index is 931. The fourth-order valence-corrected chi connectivity index (χ4v) is 3.61. The molecule has 1 saturated heterocycles. The van der Waals surface area contributed by atoms with Gasteiger partial charge in [0.1, 0.15) is 11.8 Å². The van der Waals surface area contributed by atoms with Crippen LogP contribution >= 0.6 is 0 Å².